The Morgan fingerprint density at radius 1 is 1.20 bits per heavy atom. The van der Waals surface area contributed by atoms with Crippen LogP contribution < -0.4 is 5.32 Å². The second kappa shape index (κ2) is 10.5. The fourth-order valence-electron chi connectivity index (χ4n) is 3.08. The molecule has 0 aliphatic carbocycles. The highest BCUT2D eigenvalue weighted by molar-refractivity contribution is 5.80. The lowest BCUT2D eigenvalue weighted by Gasteiger charge is -2.35. The van der Waals surface area contributed by atoms with E-state index in [2.05, 4.69) is 24.1 Å². The second-order valence-corrected chi connectivity index (χ2v) is 7.12. The molecule has 1 saturated heterocycles. The quantitative estimate of drug-likeness (QED) is 0.745. The largest absolute Gasteiger partial charge is 0.379 e. The lowest BCUT2D eigenvalue weighted by atomic mass is 10.0. The highest BCUT2D eigenvalue weighted by atomic mass is 16.5. The number of carbonyl (C=O) groups is 1. The van der Waals surface area contributed by atoms with Crippen molar-refractivity contribution in [3.8, 4) is 0 Å². The van der Waals surface area contributed by atoms with Crippen molar-refractivity contribution in [2.24, 2.45) is 5.92 Å². The molecule has 1 aromatic carbocycles. The Kier molecular flexibility index (Phi) is 8.38. The molecule has 5 nitrogen and oxygen atoms in total. The summed E-state index contributed by atoms with van der Waals surface area (Å²) in [5.74, 6) is 0.550. The van der Waals surface area contributed by atoms with Gasteiger partial charge in [0.05, 0.1) is 19.8 Å². The zero-order valence-corrected chi connectivity index (χ0v) is 15.7. The summed E-state index contributed by atoms with van der Waals surface area (Å²) in [7, 11) is 0. The van der Waals surface area contributed by atoms with Crippen LogP contribution in [0.15, 0.2) is 30.3 Å². The van der Waals surface area contributed by atoms with Gasteiger partial charge in [0.1, 0.15) is 6.10 Å². The van der Waals surface area contributed by atoms with E-state index in [4.69, 9.17) is 9.47 Å². The number of rotatable bonds is 9. The number of morpholine rings is 1. The first kappa shape index (κ1) is 19.9. The van der Waals surface area contributed by atoms with Gasteiger partial charge in [-0.3, -0.25) is 9.69 Å². The van der Waals surface area contributed by atoms with Crippen LogP contribution in [-0.2, 0) is 20.9 Å². The topological polar surface area (TPSA) is 50.8 Å². The van der Waals surface area contributed by atoms with Crippen molar-refractivity contribution < 1.29 is 14.3 Å². The zero-order valence-electron chi connectivity index (χ0n) is 15.7. The Morgan fingerprint density at radius 2 is 1.88 bits per heavy atom. The van der Waals surface area contributed by atoms with Crippen molar-refractivity contribution >= 4 is 5.91 Å². The molecule has 0 saturated carbocycles. The van der Waals surface area contributed by atoms with Crippen LogP contribution in [0.5, 0.6) is 0 Å². The molecule has 1 aromatic rings. The normalized spacial score (nSPS) is 18.1. The first-order chi connectivity index (χ1) is 12.1. The van der Waals surface area contributed by atoms with Gasteiger partial charge in [0.25, 0.3) is 0 Å². The van der Waals surface area contributed by atoms with E-state index in [9.17, 15) is 4.79 Å². The molecule has 5 heteroatoms. The van der Waals surface area contributed by atoms with Crippen LogP contribution in [0, 0.1) is 5.92 Å². The van der Waals surface area contributed by atoms with Crippen molar-refractivity contribution in [1.29, 1.82) is 0 Å². The predicted molar refractivity (Wildman–Crippen MR) is 99.3 cm³/mol. The highest BCUT2D eigenvalue weighted by Crippen LogP contribution is 2.13. The van der Waals surface area contributed by atoms with Gasteiger partial charge in [0.2, 0.25) is 5.91 Å². The number of ether oxygens (including phenoxy) is 2. The summed E-state index contributed by atoms with van der Waals surface area (Å²) in [6, 6.07) is 10.3. The number of benzene rings is 1. The minimum atomic E-state index is -0.454. The van der Waals surface area contributed by atoms with Crippen LogP contribution >= 0.6 is 0 Å². The first-order valence-corrected chi connectivity index (χ1v) is 9.31. The number of nitrogens with one attached hydrogen (secondary N) is 1. The number of carbonyl (C=O) groups excluding carboxylic acids is 1. The van der Waals surface area contributed by atoms with E-state index in [1.165, 1.54) is 0 Å². The van der Waals surface area contributed by atoms with Crippen molar-refractivity contribution in [3.63, 3.8) is 0 Å². The molecule has 2 atom stereocenters. The molecule has 1 fully saturated rings. The van der Waals surface area contributed by atoms with Crippen molar-refractivity contribution in [2.75, 3.05) is 32.8 Å². The molecule has 1 amide bonds. The predicted octanol–water partition coefficient (Wildman–Crippen LogP) is 2.45. The maximum Gasteiger partial charge on any atom is 0.248 e. The van der Waals surface area contributed by atoms with Crippen molar-refractivity contribution in [2.45, 2.75) is 45.9 Å². The third-order valence-electron chi connectivity index (χ3n) is 4.53. The van der Waals surface area contributed by atoms with Gasteiger partial charge in [0, 0.05) is 25.7 Å². The lowest BCUT2D eigenvalue weighted by Crippen LogP contribution is -2.50. The summed E-state index contributed by atoms with van der Waals surface area (Å²) in [5.41, 5.74) is 1.08. The van der Waals surface area contributed by atoms with E-state index in [0.717, 1.165) is 38.3 Å². The average Bonchev–Trinajstić information content (AvgIpc) is 2.64. The lowest BCUT2D eigenvalue weighted by molar-refractivity contribution is -0.132. The van der Waals surface area contributed by atoms with Crippen LogP contribution in [0.3, 0.4) is 0 Å². The third-order valence-corrected chi connectivity index (χ3v) is 4.53. The molecule has 0 radical (unpaired) electrons. The Labute approximate surface area is 151 Å². The van der Waals surface area contributed by atoms with Gasteiger partial charge < -0.3 is 14.8 Å². The molecule has 2 rings (SSSR count). The SMILES string of the molecule is CC(C)C[C@@H](CNC(=O)[C@@H](C)OCc1ccccc1)N1CCOCC1. The van der Waals surface area contributed by atoms with E-state index in [1.54, 1.807) is 0 Å². The van der Waals surface area contributed by atoms with Gasteiger partial charge in [-0.2, -0.15) is 0 Å². The van der Waals surface area contributed by atoms with Gasteiger partial charge in [-0.05, 0) is 24.8 Å². The van der Waals surface area contributed by atoms with Crippen LogP contribution in [0.25, 0.3) is 0 Å². The number of amides is 1. The number of hydrogen-bond donors (Lipinski definition) is 1. The summed E-state index contributed by atoms with van der Waals surface area (Å²) in [5, 5.41) is 3.08. The number of hydrogen-bond acceptors (Lipinski definition) is 4. The highest BCUT2D eigenvalue weighted by Gasteiger charge is 2.23. The smallest absolute Gasteiger partial charge is 0.248 e. The van der Waals surface area contributed by atoms with E-state index >= 15 is 0 Å². The summed E-state index contributed by atoms with van der Waals surface area (Å²) < 4.78 is 11.1. The minimum Gasteiger partial charge on any atom is -0.379 e. The van der Waals surface area contributed by atoms with Gasteiger partial charge in [-0.1, -0.05) is 44.2 Å². The van der Waals surface area contributed by atoms with E-state index in [-0.39, 0.29) is 5.91 Å². The van der Waals surface area contributed by atoms with Crippen molar-refractivity contribution in [3.05, 3.63) is 35.9 Å². The maximum atomic E-state index is 12.4. The van der Waals surface area contributed by atoms with Gasteiger partial charge in [-0.25, -0.2) is 0 Å². The molecule has 0 unspecified atom stereocenters. The fourth-order valence-corrected chi connectivity index (χ4v) is 3.08. The Morgan fingerprint density at radius 3 is 2.52 bits per heavy atom. The molecule has 1 heterocycles. The van der Waals surface area contributed by atoms with Crippen LogP contribution in [-0.4, -0.2) is 55.8 Å². The fraction of sp³-hybridized carbons (Fsp3) is 0.650. The first-order valence-electron chi connectivity index (χ1n) is 9.31. The third kappa shape index (κ3) is 7.14. The molecule has 0 spiro atoms. The Balaban J connectivity index is 1.78. The van der Waals surface area contributed by atoms with E-state index < -0.39 is 6.10 Å². The maximum absolute atomic E-state index is 12.4. The molecule has 0 bridgehead atoms. The second-order valence-electron chi connectivity index (χ2n) is 7.12. The average molecular weight is 348 g/mol. The summed E-state index contributed by atoms with van der Waals surface area (Å²) in [6.45, 7) is 10.8. The molecule has 1 aliphatic heterocycles. The van der Waals surface area contributed by atoms with E-state index in [0.29, 0.717) is 25.1 Å². The molecule has 140 valence electrons. The molecular weight excluding hydrogens is 316 g/mol. The van der Waals surface area contributed by atoms with Crippen LogP contribution in [0.1, 0.15) is 32.8 Å². The summed E-state index contributed by atoms with van der Waals surface area (Å²) in [4.78, 5) is 14.8. The molecule has 0 aromatic heterocycles. The van der Waals surface area contributed by atoms with Crippen molar-refractivity contribution in [1.82, 2.24) is 10.2 Å². The van der Waals surface area contributed by atoms with Crippen LogP contribution in [0.4, 0.5) is 0 Å². The molecule has 1 aliphatic rings. The molecule has 25 heavy (non-hydrogen) atoms. The van der Waals surface area contributed by atoms with Gasteiger partial charge in [-0.15, -0.1) is 0 Å². The van der Waals surface area contributed by atoms with Gasteiger partial charge >= 0.3 is 0 Å². The van der Waals surface area contributed by atoms with E-state index in [1.807, 2.05) is 37.3 Å². The summed E-state index contributed by atoms with van der Waals surface area (Å²) in [6.07, 6.45) is 0.615. The monoisotopic (exact) mass is 348 g/mol. The molecular formula is C20H32N2O3. The summed E-state index contributed by atoms with van der Waals surface area (Å²) >= 11 is 0. The Bertz CT molecular complexity index is 501. The Hall–Kier alpha value is -1.43. The number of nitrogens with zero attached hydrogens (tertiary/aromatic N) is 1. The zero-order chi connectivity index (χ0) is 18.1. The standard InChI is InChI=1S/C20H32N2O3/c1-16(2)13-19(22-9-11-24-12-10-22)14-21-20(23)17(3)25-15-18-7-5-4-6-8-18/h4-8,16-17,19H,9-15H2,1-3H3,(H,21,23)/t17-,19+/m1/s1. The molecule has 1 N–H and O–H groups in total. The van der Waals surface area contributed by atoms with Gasteiger partial charge in [0.15, 0.2) is 0 Å². The van der Waals surface area contributed by atoms with Crippen LogP contribution in [0.2, 0.25) is 0 Å². The minimum absolute atomic E-state index is 0.0436.